The lowest BCUT2D eigenvalue weighted by atomic mass is 10.3. The number of sulfonamides is 1. The number of nitrogens with one attached hydrogen (secondary N) is 2. The second-order valence-corrected chi connectivity index (χ2v) is 8.36. The highest BCUT2D eigenvalue weighted by molar-refractivity contribution is 9.10. The van der Waals surface area contributed by atoms with E-state index in [0.29, 0.717) is 10.2 Å². The Morgan fingerprint density at radius 2 is 2.08 bits per heavy atom. The molecule has 2 aromatic carbocycles. The predicted octanol–water partition coefficient (Wildman–Crippen LogP) is 3.63. The Balaban J connectivity index is 2.02. The number of rotatable bonds is 4. The van der Waals surface area contributed by atoms with E-state index in [1.807, 2.05) is 0 Å². The summed E-state index contributed by atoms with van der Waals surface area (Å²) in [4.78, 5) is 11.6. The Morgan fingerprint density at radius 1 is 1.31 bits per heavy atom. The molecular formula is C16H14BrClN2O5S. The highest BCUT2D eigenvalue weighted by Gasteiger charge is 2.26. The molecule has 0 spiro atoms. The lowest BCUT2D eigenvalue weighted by Crippen LogP contribution is -2.15. The largest absolute Gasteiger partial charge is 0.495 e. The molecule has 0 radical (unpaired) electrons. The molecule has 10 heteroatoms. The zero-order valence-corrected chi connectivity index (χ0v) is 16.7. The first-order valence-electron chi connectivity index (χ1n) is 7.43. The molecule has 26 heavy (non-hydrogen) atoms. The van der Waals surface area contributed by atoms with Gasteiger partial charge in [0.25, 0.3) is 10.0 Å². The van der Waals surface area contributed by atoms with Crippen LogP contribution in [0.5, 0.6) is 11.5 Å². The molecule has 2 aromatic rings. The van der Waals surface area contributed by atoms with E-state index in [4.69, 9.17) is 21.1 Å². The molecule has 0 aromatic heterocycles. The summed E-state index contributed by atoms with van der Waals surface area (Å²) in [6.07, 6.45) is 0.132. The van der Waals surface area contributed by atoms with Gasteiger partial charge in [0.15, 0.2) is 5.75 Å². The van der Waals surface area contributed by atoms with Gasteiger partial charge in [0.1, 0.15) is 10.6 Å². The molecule has 0 aliphatic carbocycles. The molecule has 2 N–H and O–H groups in total. The second kappa shape index (κ2) is 7.34. The number of ether oxygens (including phenoxy) is 2. The molecule has 7 nitrogen and oxygen atoms in total. The summed E-state index contributed by atoms with van der Waals surface area (Å²) in [6.45, 7) is 0.0807. The first-order valence-corrected chi connectivity index (χ1v) is 10.1. The van der Waals surface area contributed by atoms with Crippen molar-refractivity contribution in [3.8, 4) is 11.5 Å². The van der Waals surface area contributed by atoms with Crippen molar-refractivity contribution in [3.05, 3.63) is 39.8 Å². The highest BCUT2D eigenvalue weighted by Crippen LogP contribution is 2.38. The topological polar surface area (TPSA) is 93.7 Å². The first kappa shape index (κ1) is 18.8. The summed E-state index contributed by atoms with van der Waals surface area (Å²) in [5.41, 5.74) is 0.553. The van der Waals surface area contributed by atoms with Gasteiger partial charge in [0.05, 0.1) is 36.5 Å². The summed E-state index contributed by atoms with van der Waals surface area (Å²) in [5, 5.41) is 2.91. The molecule has 1 aliphatic rings. The van der Waals surface area contributed by atoms with Gasteiger partial charge in [0.2, 0.25) is 5.91 Å². The van der Waals surface area contributed by atoms with Crippen molar-refractivity contribution >= 4 is 54.8 Å². The minimum absolute atomic E-state index is 0.0807. The van der Waals surface area contributed by atoms with Crippen molar-refractivity contribution in [1.29, 1.82) is 0 Å². The summed E-state index contributed by atoms with van der Waals surface area (Å²) in [7, 11) is -2.54. The van der Waals surface area contributed by atoms with Gasteiger partial charge in [-0.2, -0.15) is 0 Å². The third-order valence-electron chi connectivity index (χ3n) is 3.56. The fourth-order valence-corrected chi connectivity index (χ4v) is 4.52. The maximum Gasteiger partial charge on any atom is 0.265 e. The van der Waals surface area contributed by atoms with Crippen LogP contribution >= 0.6 is 27.5 Å². The van der Waals surface area contributed by atoms with Crippen LogP contribution in [0.15, 0.2) is 39.7 Å². The summed E-state index contributed by atoms with van der Waals surface area (Å²) in [5.74, 6) is 0.267. The Morgan fingerprint density at radius 3 is 2.77 bits per heavy atom. The normalized spacial score (nSPS) is 13.9. The van der Waals surface area contributed by atoms with Crippen molar-refractivity contribution < 1.29 is 22.7 Å². The monoisotopic (exact) mass is 460 g/mol. The molecule has 1 aliphatic heterocycles. The third-order valence-corrected chi connectivity index (χ3v) is 5.70. The van der Waals surface area contributed by atoms with Crippen molar-refractivity contribution in [1.82, 2.24) is 0 Å². The third kappa shape index (κ3) is 3.89. The molecule has 0 saturated heterocycles. The summed E-state index contributed by atoms with van der Waals surface area (Å²) >= 11 is 9.30. The van der Waals surface area contributed by atoms with Crippen molar-refractivity contribution in [3.63, 3.8) is 0 Å². The van der Waals surface area contributed by atoms with E-state index in [9.17, 15) is 13.2 Å². The van der Waals surface area contributed by atoms with E-state index < -0.39 is 10.0 Å². The summed E-state index contributed by atoms with van der Waals surface area (Å²) in [6, 6.07) is 7.52. The van der Waals surface area contributed by atoms with Crippen molar-refractivity contribution in [2.75, 3.05) is 23.8 Å². The Bertz CT molecular complexity index is 981. The zero-order chi connectivity index (χ0) is 18.9. The number of methoxy groups -OCH3 is 1. The fourth-order valence-electron chi connectivity index (χ4n) is 2.41. The van der Waals surface area contributed by atoms with E-state index in [0.717, 1.165) is 0 Å². The molecule has 1 amide bonds. The predicted molar refractivity (Wildman–Crippen MR) is 102 cm³/mol. The number of amides is 1. The van der Waals surface area contributed by atoms with Crippen LogP contribution in [0.1, 0.15) is 6.42 Å². The molecule has 0 fully saturated rings. The molecule has 0 bridgehead atoms. The van der Waals surface area contributed by atoms with Gasteiger partial charge in [-0.15, -0.1) is 0 Å². The Kier molecular flexibility index (Phi) is 5.31. The maximum atomic E-state index is 12.9. The molecule has 0 saturated carbocycles. The van der Waals surface area contributed by atoms with E-state index >= 15 is 0 Å². The van der Waals surface area contributed by atoms with Crippen LogP contribution in [0.3, 0.4) is 0 Å². The van der Waals surface area contributed by atoms with Crippen LogP contribution in [0.2, 0.25) is 5.02 Å². The minimum atomic E-state index is -4.00. The second-order valence-electron chi connectivity index (χ2n) is 5.38. The fraction of sp³-hybridized carbons (Fsp3) is 0.188. The van der Waals surface area contributed by atoms with E-state index in [1.165, 1.54) is 25.3 Å². The van der Waals surface area contributed by atoms with Crippen LogP contribution in [0.25, 0.3) is 0 Å². The van der Waals surface area contributed by atoms with Gasteiger partial charge in [-0.05, 0) is 30.3 Å². The van der Waals surface area contributed by atoms with E-state index in [-0.39, 0.29) is 46.0 Å². The lowest BCUT2D eigenvalue weighted by Gasteiger charge is -2.15. The van der Waals surface area contributed by atoms with Crippen molar-refractivity contribution in [2.24, 2.45) is 0 Å². The number of carbonyl (C=O) groups is 1. The number of hydrogen-bond donors (Lipinski definition) is 2. The van der Waals surface area contributed by atoms with Gasteiger partial charge in [-0.1, -0.05) is 27.5 Å². The zero-order valence-electron chi connectivity index (χ0n) is 13.5. The van der Waals surface area contributed by atoms with Gasteiger partial charge in [-0.3, -0.25) is 9.52 Å². The average Bonchev–Trinajstić information content (AvgIpc) is 2.74. The van der Waals surface area contributed by atoms with Crippen LogP contribution in [0, 0.1) is 0 Å². The molecule has 138 valence electrons. The van der Waals surface area contributed by atoms with Gasteiger partial charge < -0.3 is 14.8 Å². The number of anilines is 2. The average molecular weight is 462 g/mol. The highest BCUT2D eigenvalue weighted by atomic mass is 79.9. The van der Waals surface area contributed by atoms with Crippen molar-refractivity contribution in [2.45, 2.75) is 11.3 Å². The SMILES string of the molecule is COc1ccc(NS(=O)(=O)c2cc(Br)cc3c2OCCC(=O)N3)cc1Cl. The smallest absolute Gasteiger partial charge is 0.265 e. The maximum absolute atomic E-state index is 12.9. The molecule has 3 rings (SSSR count). The quantitative estimate of drug-likeness (QED) is 0.725. The Labute approximate surface area is 163 Å². The van der Waals surface area contributed by atoms with Gasteiger partial charge >= 0.3 is 0 Å². The van der Waals surface area contributed by atoms with Crippen LogP contribution in [0.4, 0.5) is 11.4 Å². The number of fused-ring (bicyclic) bond motifs is 1. The minimum Gasteiger partial charge on any atom is -0.495 e. The van der Waals surface area contributed by atoms with Gasteiger partial charge in [0, 0.05) is 4.47 Å². The Hall–Kier alpha value is -1.97. The summed E-state index contributed by atoms with van der Waals surface area (Å²) < 4.78 is 39.3. The number of halogens is 2. The first-order chi connectivity index (χ1) is 12.3. The lowest BCUT2D eigenvalue weighted by molar-refractivity contribution is -0.116. The van der Waals surface area contributed by atoms with Crippen LogP contribution < -0.4 is 19.5 Å². The molecule has 0 unspecified atom stereocenters. The van der Waals surface area contributed by atoms with Crippen LogP contribution in [-0.4, -0.2) is 28.0 Å². The molecule has 1 heterocycles. The number of carbonyl (C=O) groups excluding carboxylic acids is 1. The standard InChI is InChI=1S/C16H14BrClN2O5S/c1-24-13-3-2-10(8-11(13)18)20-26(22,23)14-7-9(17)6-12-16(14)25-5-4-15(21)19-12/h2-3,6-8,20H,4-5H2,1H3,(H,19,21). The number of hydrogen-bond acceptors (Lipinski definition) is 5. The molecular weight excluding hydrogens is 448 g/mol. The van der Waals surface area contributed by atoms with E-state index in [2.05, 4.69) is 26.0 Å². The van der Waals surface area contributed by atoms with Crippen LogP contribution in [-0.2, 0) is 14.8 Å². The van der Waals surface area contributed by atoms with Gasteiger partial charge in [-0.25, -0.2) is 8.42 Å². The van der Waals surface area contributed by atoms with E-state index in [1.54, 1.807) is 12.1 Å². The molecule has 0 atom stereocenters. The number of benzene rings is 2.